The molecule has 0 spiro atoms. The summed E-state index contributed by atoms with van der Waals surface area (Å²) in [5, 5.41) is 10.7. The maximum absolute atomic E-state index is 10.7. The van der Waals surface area contributed by atoms with E-state index in [1.165, 1.54) is 0 Å². The van der Waals surface area contributed by atoms with Gasteiger partial charge in [0.2, 0.25) is 0 Å². The van der Waals surface area contributed by atoms with Gasteiger partial charge in [-0.1, -0.05) is 92.6 Å². The second-order valence-corrected chi connectivity index (χ2v) is 23.7. The van der Waals surface area contributed by atoms with Crippen LogP contribution in [0.2, 0.25) is 34.8 Å². The summed E-state index contributed by atoms with van der Waals surface area (Å²) in [6.07, 6.45) is 0. The van der Waals surface area contributed by atoms with Gasteiger partial charge in [0.05, 0.1) is 26.9 Å². The predicted molar refractivity (Wildman–Crippen MR) is 173 cm³/mol. The fourth-order valence-electron chi connectivity index (χ4n) is 5.64. The van der Waals surface area contributed by atoms with Crippen LogP contribution in [0.15, 0.2) is 36.4 Å². The summed E-state index contributed by atoms with van der Waals surface area (Å²) < 4.78 is 26.4. The van der Waals surface area contributed by atoms with Crippen molar-refractivity contribution in [3.05, 3.63) is 53.1 Å². The van der Waals surface area contributed by atoms with Crippen molar-refractivity contribution in [2.24, 2.45) is 0 Å². The van der Waals surface area contributed by atoms with Gasteiger partial charge in [-0.3, -0.25) is 0 Å². The number of benzene rings is 2. The minimum Gasteiger partial charge on any atom is -0.542 e. The summed E-state index contributed by atoms with van der Waals surface area (Å²) in [5.74, 6) is 1.99. The van der Waals surface area contributed by atoms with Crippen LogP contribution < -0.4 is 13.6 Å². The summed E-state index contributed by atoms with van der Waals surface area (Å²) >= 11 is 0. The van der Waals surface area contributed by atoms with Crippen molar-refractivity contribution in [3.8, 4) is 17.2 Å². The van der Waals surface area contributed by atoms with E-state index in [1.54, 1.807) is 7.11 Å². The van der Waals surface area contributed by atoms with Crippen LogP contribution in [0.5, 0.6) is 17.2 Å². The molecular weight excluding hydrogens is 533 g/mol. The molecule has 2 aromatic rings. The summed E-state index contributed by atoms with van der Waals surface area (Å²) in [6, 6.07) is 12.2. The van der Waals surface area contributed by atoms with Crippen molar-refractivity contribution < 1.29 is 23.4 Å². The molecule has 0 fully saturated rings. The van der Waals surface area contributed by atoms with E-state index in [4.69, 9.17) is 18.3 Å². The van der Waals surface area contributed by atoms with Crippen molar-refractivity contribution in [1.82, 2.24) is 0 Å². The van der Waals surface area contributed by atoms with Crippen LogP contribution in [0.1, 0.15) is 84.9 Å². The van der Waals surface area contributed by atoms with Crippen LogP contribution in [-0.2, 0) is 11.3 Å². The first-order valence-electron chi connectivity index (χ1n) is 14.8. The molecular formula is C33H56O5Si2. The van der Waals surface area contributed by atoms with E-state index in [0.29, 0.717) is 35.6 Å². The zero-order valence-corrected chi connectivity index (χ0v) is 29.5. The van der Waals surface area contributed by atoms with Gasteiger partial charge in [-0.15, -0.1) is 0 Å². The van der Waals surface area contributed by atoms with Gasteiger partial charge in [-0.25, -0.2) is 0 Å². The lowest BCUT2D eigenvalue weighted by Gasteiger charge is -2.44. The van der Waals surface area contributed by atoms with Gasteiger partial charge in [-0.05, 0) is 53.3 Å². The lowest BCUT2D eigenvalue weighted by molar-refractivity contribution is 0.0876. The number of aliphatic hydroxyl groups excluding tert-OH is 1. The molecule has 2 rings (SSSR count). The maximum Gasteiger partial charge on any atom is 0.258 e. The molecule has 0 bridgehead atoms. The first kappa shape index (κ1) is 34.4. The Morgan fingerprint density at radius 2 is 1.40 bits per heavy atom. The SMILES string of the molecule is COc1c(O[Si](C)(C)C(C)(C)C)cc(C(CO)COCc2ccccc2)c(O[Si](C(C)C)(C(C)C)C(C)C)c1C. The highest BCUT2D eigenvalue weighted by Crippen LogP contribution is 2.50. The van der Waals surface area contributed by atoms with Gasteiger partial charge in [-0.2, -0.15) is 0 Å². The lowest BCUT2D eigenvalue weighted by Crippen LogP contribution is -2.51. The molecule has 0 aromatic heterocycles. The first-order chi connectivity index (χ1) is 18.5. The van der Waals surface area contributed by atoms with E-state index in [1.807, 2.05) is 18.2 Å². The second-order valence-electron chi connectivity index (χ2n) is 13.6. The van der Waals surface area contributed by atoms with Crippen molar-refractivity contribution in [2.45, 2.75) is 117 Å². The van der Waals surface area contributed by atoms with E-state index in [2.05, 4.69) is 101 Å². The molecule has 0 saturated heterocycles. The standard InChI is InChI=1S/C33H56O5Si2/c1-23(2)40(24(3)4,25(5)6)38-31-26(7)32(35-11)30(37-39(12,13)33(8,9)10)19-29(31)28(20-34)22-36-21-27-17-15-14-16-18-27/h14-19,23-25,28,34H,20-22H2,1-13H3. The Morgan fingerprint density at radius 1 is 0.850 bits per heavy atom. The highest BCUT2D eigenvalue weighted by Gasteiger charge is 2.48. The normalized spacial score (nSPS) is 13.7. The van der Waals surface area contributed by atoms with Gasteiger partial charge >= 0.3 is 0 Å². The molecule has 0 aliphatic carbocycles. The van der Waals surface area contributed by atoms with E-state index < -0.39 is 16.6 Å². The third kappa shape index (κ3) is 7.52. The highest BCUT2D eigenvalue weighted by atomic mass is 28.4. The number of methoxy groups -OCH3 is 1. The summed E-state index contributed by atoms with van der Waals surface area (Å²) in [5.41, 5.74) is 4.16. The summed E-state index contributed by atoms with van der Waals surface area (Å²) in [4.78, 5) is 0. The number of hydrogen-bond donors (Lipinski definition) is 1. The molecule has 226 valence electrons. The molecule has 0 saturated carbocycles. The smallest absolute Gasteiger partial charge is 0.258 e. The zero-order chi connectivity index (χ0) is 30.5. The van der Waals surface area contributed by atoms with E-state index in [9.17, 15) is 5.11 Å². The molecule has 0 aliphatic rings. The number of rotatable bonds is 14. The molecule has 2 aromatic carbocycles. The van der Waals surface area contributed by atoms with Gasteiger partial charge in [0.15, 0.2) is 5.75 Å². The van der Waals surface area contributed by atoms with Crippen LogP contribution in [0.3, 0.4) is 0 Å². The molecule has 1 N–H and O–H groups in total. The summed E-state index contributed by atoms with van der Waals surface area (Å²) in [7, 11) is -2.79. The van der Waals surface area contributed by atoms with E-state index in [0.717, 1.165) is 28.2 Å². The minimum atomic E-state index is -2.31. The molecule has 5 nitrogen and oxygen atoms in total. The highest BCUT2D eigenvalue weighted by molar-refractivity contribution is 6.78. The maximum atomic E-state index is 10.7. The van der Waals surface area contributed by atoms with Gasteiger partial charge < -0.3 is 23.4 Å². The molecule has 0 radical (unpaired) electrons. The number of aliphatic hydroxyl groups is 1. The Hall–Kier alpha value is -1.81. The second kappa shape index (κ2) is 13.9. The minimum absolute atomic E-state index is 0.0193. The fourth-order valence-corrected chi connectivity index (χ4v) is 12.0. The molecule has 1 atom stereocenters. The van der Waals surface area contributed by atoms with Crippen molar-refractivity contribution in [1.29, 1.82) is 0 Å². The Bertz CT molecular complexity index is 1050. The van der Waals surface area contributed by atoms with Gasteiger partial charge in [0.1, 0.15) is 11.5 Å². The average Bonchev–Trinajstić information content (AvgIpc) is 2.85. The molecule has 7 heteroatoms. The molecule has 0 aliphatic heterocycles. The average molecular weight is 589 g/mol. The molecule has 0 heterocycles. The summed E-state index contributed by atoms with van der Waals surface area (Å²) in [6.45, 7) is 27.8. The van der Waals surface area contributed by atoms with Gasteiger partial charge in [0, 0.05) is 17.0 Å². The first-order valence-corrected chi connectivity index (χ1v) is 19.9. The Morgan fingerprint density at radius 3 is 1.85 bits per heavy atom. The largest absolute Gasteiger partial charge is 0.542 e. The fraction of sp³-hybridized carbons (Fsp3) is 0.636. The molecule has 40 heavy (non-hydrogen) atoms. The van der Waals surface area contributed by atoms with E-state index >= 15 is 0 Å². The van der Waals surface area contributed by atoms with E-state index in [-0.39, 0.29) is 17.6 Å². The third-order valence-corrected chi connectivity index (χ3v) is 19.2. The van der Waals surface area contributed by atoms with Crippen LogP contribution in [-0.4, -0.2) is 42.1 Å². The van der Waals surface area contributed by atoms with Crippen LogP contribution in [0.25, 0.3) is 0 Å². The van der Waals surface area contributed by atoms with Crippen molar-refractivity contribution in [2.75, 3.05) is 20.3 Å². The Balaban J connectivity index is 2.72. The zero-order valence-electron chi connectivity index (χ0n) is 27.5. The number of hydrogen-bond acceptors (Lipinski definition) is 5. The van der Waals surface area contributed by atoms with Crippen LogP contribution in [0, 0.1) is 6.92 Å². The number of ether oxygens (including phenoxy) is 2. The van der Waals surface area contributed by atoms with Crippen LogP contribution >= 0.6 is 0 Å². The van der Waals surface area contributed by atoms with Crippen LogP contribution in [0.4, 0.5) is 0 Å². The molecule has 0 amide bonds. The Kier molecular flexibility index (Phi) is 12.0. The predicted octanol–water partition coefficient (Wildman–Crippen LogP) is 9.23. The lowest BCUT2D eigenvalue weighted by atomic mass is 9.96. The quantitative estimate of drug-likeness (QED) is 0.223. The van der Waals surface area contributed by atoms with Crippen molar-refractivity contribution >= 4 is 16.6 Å². The third-order valence-electron chi connectivity index (χ3n) is 8.91. The topological polar surface area (TPSA) is 57.2 Å². The molecule has 1 unspecified atom stereocenters. The monoisotopic (exact) mass is 588 g/mol. The Labute approximate surface area is 246 Å². The van der Waals surface area contributed by atoms with Gasteiger partial charge in [0.25, 0.3) is 16.6 Å². The van der Waals surface area contributed by atoms with Crippen molar-refractivity contribution in [3.63, 3.8) is 0 Å².